The van der Waals surface area contributed by atoms with Gasteiger partial charge in [-0.15, -0.1) is 0 Å². The van der Waals surface area contributed by atoms with Crippen LogP contribution in [0.1, 0.15) is 30.1 Å². The molecule has 1 atom stereocenters. The molecule has 0 radical (unpaired) electrons. The zero-order chi connectivity index (χ0) is 14.3. The number of hydrogen-bond acceptors (Lipinski definition) is 3. The number of rotatable bonds is 6. The normalized spacial score (nSPS) is 11.7. The first-order chi connectivity index (χ1) is 9.10. The monoisotopic (exact) mass is 263 g/mol. The number of nitrogens with two attached hydrogens (primary N) is 1. The van der Waals surface area contributed by atoms with Crippen molar-refractivity contribution in [1.29, 1.82) is 0 Å². The number of carbonyl (C=O) groups is 2. The minimum absolute atomic E-state index is 0.0774. The lowest BCUT2D eigenvalue weighted by Crippen LogP contribution is -2.22. The van der Waals surface area contributed by atoms with E-state index in [0.717, 1.165) is 6.42 Å². The summed E-state index contributed by atoms with van der Waals surface area (Å²) in [4.78, 5) is 23.3. The molecule has 0 aromatic heterocycles. The van der Waals surface area contributed by atoms with E-state index in [1.54, 1.807) is 31.3 Å². The van der Waals surface area contributed by atoms with E-state index in [1.807, 2.05) is 6.92 Å². The third-order valence-corrected chi connectivity index (χ3v) is 3.02. The fraction of sp³-hybridized carbons (Fsp3) is 0.429. The van der Waals surface area contributed by atoms with Crippen LogP contribution < -0.4 is 16.4 Å². The van der Waals surface area contributed by atoms with E-state index in [2.05, 4.69) is 10.6 Å². The van der Waals surface area contributed by atoms with Crippen molar-refractivity contribution in [3.8, 4) is 0 Å². The van der Waals surface area contributed by atoms with Crippen molar-refractivity contribution in [1.82, 2.24) is 5.32 Å². The van der Waals surface area contributed by atoms with Crippen LogP contribution in [0.25, 0.3) is 0 Å². The summed E-state index contributed by atoms with van der Waals surface area (Å²) in [5.41, 5.74) is 6.72. The van der Waals surface area contributed by atoms with Gasteiger partial charge in [0, 0.05) is 24.7 Å². The van der Waals surface area contributed by atoms with Gasteiger partial charge in [0.25, 0.3) is 5.91 Å². The van der Waals surface area contributed by atoms with Crippen molar-refractivity contribution in [2.45, 2.75) is 19.8 Å². The van der Waals surface area contributed by atoms with Crippen LogP contribution in [0, 0.1) is 5.92 Å². The van der Waals surface area contributed by atoms with Gasteiger partial charge in [-0.25, -0.2) is 0 Å². The van der Waals surface area contributed by atoms with Gasteiger partial charge >= 0.3 is 0 Å². The Morgan fingerprint density at radius 1 is 1.37 bits per heavy atom. The summed E-state index contributed by atoms with van der Waals surface area (Å²) in [6.07, 6.45) is 1.28. The van der Waals surface area contributed by atoms with Crippen LogP contribution in [-0.2, 0) is 4.79 Å². The van der Waals surface area contributed by atoms with Crippen LogP contribution in [0.2, 0.25) is 0 Å². The summed E-state index contributed by atoms with van der Waals surface area (Å²) in [6, 6.07) is 6.84. The topological polar surface area (TPSA) is 84.2 Å². The van der Waals surface area contributed by atoms with Crippen molar-refractivity contribution >= 4 is 17.5 Å². The largest absolute Gasteiger partial charge is 0.355 e. The van der Waals surface area contributed by atoms with E-state index in [1.165, 1.54) is 0 Å². The summed E-state index contributed by atoms with van der Waals surface area (Å²) in [7, 11) is 1.57. The molecule has 1 aromatic carbocycles. The Morgan fingerprint density at radius 3 is 2.68 bits per heavy atom. The molecule has 0 aliphatic heterocycles. The van der Waals surface area contributed by atoms with Crippen molar-refractivity contribution in [3.63, 3.8) is 0 Å². The first-order valence-corrected chi connectivity index (χ1v) is 6.42. The highest BCUT2D eigenvalue weighted by atomic mass is 16.2. The van der Waals surface area contributed by atoms with Crippen LogP contribution >= 0.6 is 0 Å². The quantitative estimate of drug-likeness (QED) is 0.724. The van der Waals surface area contributed by atoms with Crippen molar-refractivity contribution in [2.24, 2.45) is 11.7 Å². The van der Waals surface area contributed by atoms with Crippen LogP contribution in [0.3, 0.4) is 0 Å². The van der Waals surface area contributed by atoms with Gasteiger partial charge in [0.05, 0.1) is 0 Å². The fourth-order valence-electron chi connectivity index (χ4n) is 1.75. The SMILES string of the molecule is CCC(CN)CC(=O)Nc1cccc(C(=O)NC)c1. The van der Waals surface area contributed by atoms with Crippen molar-refractivity contribution in [3.05, 3.63) is 29.8 Å². The Bertz CT molecular complexity index is 442. The number of anilines is 1. The molecule has 0 saturated carbocycles. The lowest BCUT2D eigenvalue weighted by Gasteiger charge is -2.12. The van der Waals surface area contributed by atoms with Gasteiger partial charge in [0.15, 0.2) is 0 Å². The third kappa shape index (κ3) is 4.71. The van der Waals surface area contributed by atoms with E-state index >= 15 is 0 Å². The van der Waals surface area contributed by atoms with Gasteiger partial charge in [-0.1, -0.05) is 19.4 Å². The first-order valence-electron chi connectivity index (χ1n) is 6.42. The second-order valence-corrected chi connectivity index (χ2v) is 4.42. The number of hydrogen-bond donors (Lipinski definition) is 3. The van der Waals surface area contributed by atoms with Gasteiger partial charge < -0.3 is 16.4 Å². The van der Waals surface area contributed by atoms with E-state index in [0.29, 0.717) is 24.2 Å². The Kier molecular flexibility index (Phi) is 6.02. The summed E-state index contributed by atoms with van der Waals surface area (Å²) < 4.78 is 0. The zero-order valence-electron chi connectivity index (χ0n) is 11.4. The molecule has 1 unspecified atom stereocenters. The molecular weight excluding hydrogens is 242 g/mol. The summed E-state index contributed by atoms with van der Waals surface area (Å²) in [5, 5.41) is 5.33. The molecule has 0 bridgehead atoms. The maximum Gasteiger partial charge on any atom is 0.251 e. The molecule has 5 heteroatoms. The fourth-order valence-corrected chi connectivity index (χ4v) is 1.75. The molecule has 1 rings (SSSR count). The zero-order valence-corrected chi connectivity index (χ0v) is 11.4. The minimum atomic E-state index is -0.176. The molecule has 0 spiro atoms. The average molecular weight is 263 g/mol. The van der Waals surface area contributed by atoms with E-state index in [9.17, 15) is 9.59 Å². The van der Waals surface area contributed by atoms with Crippen molar-refractivity contribution < 1.29 is 9.59 Å². The molecule has 0 fully saturated rings. The Morgan fingerprint density at radius 2 is 2.11 bits per heavy atom. The van der Waals surface area contributed by atoms with Gasteiger partial charge in [-0.2, -0.15) is 0 Å². The van der Waals surface area contributed by atoms with Gasteiger partial charge in [0.1, 0.15) is 0 Å². The highest BCUT2D eigenvalue weighted by Crippen LogP contribution is 2.13. The smallest absolute Gasteiger partial charge is 0.251 e. The maximum atomic E-state index is 11.8. The van der Waals surface area contributed by atoms with Crippen LogP contribution in [0.15, 0.2) is 24.3 Å². The van der Waals surface area contributed by atoms with Crippen molar-refractivity contribution in [2.75, 3.05) is 18.9 Å². The van der Waals surface area contributed by atoms with Gasteiger partial charge in [-0.3, -0.25) is 9.59 Å². The molecule has 0 aliphatic carbocycles. The average Bonchev–Trinajstić information content (AvgIpc) is 2.44. The predicted octanol–water partition coefficient (Wildman–Crippen LogP) is 1.36. The molecular formula is C14H21N3O2. The Hall–Kier alpha value is -1.88. The molecule has 104 valence electrons. The maximum absolute atomic E-state index is 11.8. The molecule has 2 amide bonds. The predicted molar refractivity (Wildman–Crippen MR) is 75.9 cm³/mol. The molecule has 0 aliphatic rings. The highest BCUT2D eigenvalue weighted by Gasteiger charge is 2.11. The summed E-state index contributed by atoms with van der Waals surface area (Å²) in [6.45, 7) is 2.51. The van der Waals surface area contributed by atoms with Gasteiger partial charge in [0.2, 0.25) is 5.91 Å². The highest BCUT2D eigenvalue weighted by molar-refractivity contribution is 5.97. The Balaban J connectivity index is 2.66. The lowest BCUT2D eigenvalue weighted by molar-refractivity contribution is -0.117. The minimum Gasteiger partial charge on any atom is -0.355 e. The molecule has 0 heterocycles. The Labute approximate surface area is 113 Å². The number of benzene rings is 1. The molecule has 0 saturated heterocycles. The number of amides is 2. The summed E-state index contributed by atoms with van der Waals surface area (Å²) in [5.74, 6) is -0.0574. The molecule has 1 aromatic rings. The number of nitrogens with one attached hydrogen (secondary N) is 2. The standard InChI is InChI=1S/C14H21N3O2/c1-3-10(9-15)7-13(18)17-12-6-4-5-11(8-12)14(19)16-2/h4-6,8,10H,3,7,9,15H2,1-2H3,(H,16,19)(H,17,18). The molecule has 5 nitrogen and oxygen atoms in total. The second kappa shape index (κ2) is 7.53. The van der Waals surface area contributed by atoms with Crippen LogP contribution in [0.4, 0.5) is 5.69 Å². The third-order valence-electron chi connectivity index (χ3n) is 3.02. The van der Waals surface area contributed by atoms with Gasteiger partial charge in [-0.05, 0) is 30.7 Å². The summed E-state index contributed by atoms with van der Waals surface area (Å²) >= 11 is 0. The van der Waals surface area contributed by atoms with Crippen LogP contribution in [0.5, 0.6) is 0 Å². The van der Waals surface area contributed by atoms with Crippen LogP contribution in [-0.4, -0.2) is 25.4 Å². The molecule has 4 N–H and O–H groups in total. The van der Waals surface area contributed by atoms with E-state index in [4.69, 9.17) is 5.73 Å². The molecule has 19 heavy (non-hydrogen) atoms. The van der Waals surface area contributed by atoms with E-state index in [-0.39, 0.29) is 17.7 Å². The lowest BCUT2D eigenvalue weighted by atomic mass is 10.0. The second-order valence-electron chi connectivity index (χ2n) is 4.42. The first kappa shape index (κ1) is 15.2. The number of carbonyl (C=O) groups excluding carboxylic acids is 2. The van der Waals surface area contributed by atoms with E-state index < -0.39 is 0 Å².